The molecule has 0 atom stereocenters. The molecule has 7 aromatic rings. The molecule has 43 heavy (non-hydrogen) atoms. The van der Waals surface area contributed by atoms with Crippen molar-refractivity contribution in [1.29, 1.82) is 0 Å². The Kier molecular flexibility index (Phi) is 7.28. The number of aryl methyl sites for hydroxylation is 3. The van der Waals surface area contributed by atoms with Crippen molar-refractivity contribution in [2.24, 2.45) is 0 Å². The molecule has 3 aromatic carbocycles. The van der Waals surface area contributed by atoms with Crippen molar-refractivity contribution in [2.75, 3.05) is 0 Å². The molecule has 4 heterocycles. The Morgan fingerprint density at radius 3 is 1.51 bits per heavy atom. The summed E-state index contributed by atoms with van der Waals surface area (Å²) < 4.78 is 0. The minimum Gasteiger partial charge on any atom is -0.140 e. The van der Waals surface area contributed by atoms with Gasteiger partial charge in [0, 0.05) is 34.1 Å². The lowest BCUT2D eigenvalue weighted by molar-refractivity contribution is 1.50. The van der Waals surface area contributed by atoms with E-state index in [1.165, 1.54) is 77.9 Å². The summed E-state index contributed by atoms with van der Waals surface area (Å²) >= 11 is 7.25. The van der Waals surface area contributed by atoms with E-state index in [0.717, 1.165) is 4.88 Å². The second-order valence-electron chi connectivity index (χ2n) is 10.4. The number of thiophene rings is 4. The van der Waals surface area contributed by atoms with E-state index in [1.807, 2.05) is 40.1 Å². The molecule has 0 unspecified atom stereocenters. The Balaban J connectivity index is 1.21. The Hall–Kier alpha value is -4.34. The van der Waals surface area contributed by atoms with Crippen LogP contribution in [0.15, 0.2) is 84.9 Å². The van der Waals surface area contributed by atoms with E-state index >= 15 is 0 Å². The lowest BCUT2D eigenvalue weighted by Gasteiger charge is -2.11. The Morgan fingerprint density at radius 1 is 0.465 bits per heavy atom. The SMILES string of the molecule is C#CC#CC#Cc1ccc(-c2ccc(-c3cc4cc5cc(C)c(-c6ccc(-c7ccc(C)s7)s6)cc5cc4cc3C)s2)s1. The van der Waals surface area contributed by atoms with Gasteiger partial charge in [-0.15, -0.1) is 51.8 Å². The summed E-state index contributed by atoms with van der Waals surface area (Å²) in [6, 6.07) is 31.7. The summed E-state index contributed by atoms with van der Waals surface area (Å²) in [7, 11) is 0. The molecule has 0 saturated heterocycles. The van der Waals surface area contributed by atoms with E-state index in [-0.39, 0.29) is 0 Å². The largest absolute Gasteiger partial charge is 0.140 e. The molecule has 0 amide bonds. The molecule has 0 aliphatic carbocycles. The van der Waals surface area contributed by atoms with Crippen LogP contribution in [0.4, 0.5) is 0 Å². The van der Waals surface area contributed by atoms with Gasteiger partial charge in [-0.05, 0) is 167 Å². The first-order valence-corrected chi connectivity index (χ1v) is 17.0. The van der Waals surface area contributed by atoms with Crippen LogP contribution in [0.5, 0.6) is 0 Å². The molecule has 0 spiro atoms. The van der Waals surface area contributed by atoms with Crippen LogP contribution in [0.25, 0.3) is 61.9 Å². The third-order valence-corrected chi connectivity index (χ3v) is 12.1. The smallest absolute Gasteiger partial charge is 0.0785 e. The summed E-state index contributed by atoms with van der Waals surface area (Å²) in [5.74, 6) is 13.4. The Morgan fingerprint density at radius 2 is 0.953 bits per heavy atom. The highest BCUT2D eigenvalue weighted by molar-refractivity contribution is 7.24. The van der Waals surface area contributed by atoms with Gasteiger partial charge in [0.25, 0.3) is 0 Å². The molecule has 0 radical (unpaired) electrons. The van der Waals surface area contributed by atoms with E-state index in [4.69, 9.17) is 6.42 Å². The highest BCUT2D eigenvalue weighted by Gasteiger charge is 2.13. The third-order valence-electron chi connectivity index (χ3n) is 7.44. The van der Waals surface area contributed by atoms with Gasteiger partial charge in [0.05, 0.1) is 4.88 Å². The van der Waals surface area contributed by atoms with Crippen LogP contribution in [0.1, 0.15) is 20.9 Å². The van der Waals surface area contributed by atoms with Crippen molar-refractivity contribution in [2.45, 2.75) is 20.8 Å². The first-order valence-electron chi connectivity index (χ1n) is 13.8. The topological polar surface area (TPSA) is 0 Å². The van der Waals surface area contributed by atoms with E-state index < -0.39 is 0 Å². The highest BCUT2D eigenvalue weighted by atomic mass is 32.1. The first-order chi connectivity index (χ1) is 20.9. The van der Waals surface area contributed by atoms with Crippen LogP contribution in [0, 0.1) is 56.8 Å². The van der Waals surface area contributed by atoms with Crippen LogP contribution in [-0.2, 0) is 0 Å². The van der Waals surface area contributed by atoms with Crippen molar-refractivity contribution >= 4 is 66.9 Å². The van der Waals surface area contributed by atoms with E-state index in [1.54, 1.807) is 11.3 Å². The lowest BCUT2D eigenvalue weighted by atomic mass is 9.95. The normalized spacial score (nSPS) is 10.7. The number of hydrogen-bond donors (Lipinski definition) is 0. The third kappa shape index (κ3) is 5.46. The molecule has 4 aromatic heterocycles. The molecule has 0 saturated carbocycles. The predicted molar refractivity (Wildman–Crippen MR) is 192 cm³/mol. The average Bonchev–Trinajstić information content (AvgIpc) is 3.81. The fourth-order valence-corrected chi connectivity index (χ4v) is 9.44. The van der Waals surface area contributed by atoms with Gasteiger partial charge < -0.3 is 0 Å². The van der Waals surface area contributed by atoms with Gasteiger partial charge in [0.1, 0.15) is 0 Å². The maximum Gasteiger partial charge on any atom is 0.0785 e. The molecular formula is C39H24S4. The fourth-order valence-electron chi connectivity index (χ4n) is 5.35. The highest BCUT2D eigenvalue weighted by Crippen LogP contribution is 2.42. The van der Waals surface area contributed by atoms with Crippen molar-refractivity contribution in [3.63, 3.8) is 0 Å². The summed E-state index contributed by atoms with van der Waals surface area (Å²) in [6.07, 6.45) is 5.17. The van der Waals surface area contributed by atoms with Gasteiger partial charge in [-0.1, -0.05) is 12.1 Å². The summed E-state index contributed by atoms with van der Waals surface area (Å²) in [5, 5.41) is 5.10. The summed E-state index contributed by atoms with van der Waals surface area (Å²) in [5.41, 5.74) is 5.19. The molecule has 7 rings (SSSR count). The van der Waals surface area contributed by atoms with Gasteiger partial charge in [-0.25, -0.2) is 0 Å². The zero-order valence-electron chi connectivity index (χ0n) is 23.8. The second-order valence-corrected chi connectivity index (χ2v) is 15.0. The van der Waals surface area contributed by atoms with Crippen LogP contribution >= 0.6 is 45.3 Å². The van der Waals surface area contributed by atoms with Crippen LogP contribution in [-0.4, -0.2) is 0 Å². The molecule has 0 aliphatic rings. The number of hydrogen-bond acceptors (Lipinski definition) is 4. The zero-order chi connectivity index (χ0) is 29.5. The lowest BCUT2D eigenvalue weighted by Crippen LogP contribution is -1.86. The van der Waals surface area contributed by atoms with Crippen LogP contribution in [0.3, 0.4) is 0 Å². The number of terminal acetylenes is 1. The molecular weight excluding hydrogens is 597 g/mol. The van der Waals surface area contributed by atoms with Crippen LogP contribution < -0.4 is 0 Å². The average molecular weight is 621 g/mol. The van der Waals surface area contributed by atoms with E-state index in [2.05, 4.69) is 129 Å². The molecule has 4 heteroatoms. The van der Waals surface area contributed by atoms with Crippen molar-refractivity contribution < 1.29 is 0 Å². The molecule has 0 aliphatic heterocycles. The van der Waals surface area contributed by atoms with E-state index in [9.17, 15) is 0 Å². The van der Waals surface area contributed by atoms with Gasteiger partial charge in [0.2, 0.25) is 0 Å². The fraction of sp³-hybridized carbons (Fsp3) is 0.0769. The number of benzene rings is 3. The zero-order valence-corrected chi connectivity index (χ0v) is 27.1. The minimum absolute atomic E-state index is 0.987. The van der Waals surface area contributed by atoms with Crippen molar-refractivity contribution in [3.05, 3.63) is 106 Å². The van der Waals surface area contributed by atoms with Gasteiger partial charge in [-0.2, -0.15) is 0 Å². The second kappa shape index (κ2) is 11.4. The van der Waals surface area contributed by atoms with E-state index in [0.29, 0.717) is 0 Å². The number of rotatable bonds is 4. The first kappa shape index (κ1) is 27.5. The minimum atomic E-state index is 0.987. The Labute approximate surface area is 268 Å². The molecule has 0 N–H and O–H groups in total. The standard InChI is InChI=1S/C39H24S4/c1-5-6-7-8-9-31-11-13-37(41-31)39-17-15-35(43-39)33-23-30-21-27-18-24(2)32(22-29(27)20-28(30)19-25(33)3)34-14-16-38(42-34)36-12-10-26(4)40-36/h1,10-23H,2-4H3. The maximum atomic E-state index is 5.17. The maximum absolute atomic E-state index is 5.17. The monoisotopic (exact) mass is 620 g/mol. The van der Waals surface area contributed by atoms with Gasteiger partial charge in [-0.3, -0.25) is 0 Å². The van der Waals surface area contributed by atoms with Crippen LogP contribution in [0.2, 0.25) is 0 Å². The van der Waals surface area contributed by atoms with Gasteiger partial charge >= 0.3 is 0 Å². The summed E-state index contributed by atoms with van der Waals surface area (Å²) in [4.78, 5) is 10.1. The quantitative estimate of drug-likeness (QED) is 0.136. The summed E-state index contributed by atoms with van der Waals surface area (Å²) in [6.45, 7) is 6.61. The number of fused-ring (bicyclic) bond motifs is 2. The van der Waals surface area contributed by atoms with Crippen molar-refractivity contribution in [3.8, 4) is 76.4 Å². The van der Waals surface area contributed by atoms with Crippen molar-refractivity contribution in [1.82, 2.24) is 0 Å². The molecule has 0 fully saturated rings. The predicted octanol–water partition coefficient (Wildman–Crippen LogP) is 11.8. The van der Waals surface area contributed by atoms with Gasteiger partial charge in [0.15, 0.2) is 0 Å². The molecule has 204 valence electrons. The molecule has 0 bridgehead atoms. The Bertz CT molecular complexity index is 2350. The molecule has 0 nitrogen and oxygen atoms in total.